The van der Waals surface area contributed by atoms with Gasteiger partial charge in [-0.2, -0.15) is 27.3 Å². The summed E-state index contributed by atoms with van der Waals surface area (Å²) in [6.07, 6.45) is 1.62. The molecule has 1 fully saturated rings. The molecule has 1 atom stereocenters. The van der Waals surface area contributed by atoms with Crippen molar-refractivity contribution < 1.29 is 18.0 Å². The van der Waals surface area contributed by atoms with Crippen molar-refractivity contribution in [2.45, 2.75) is 37.9 Å². The molecule has 1 amide bonds. The molecule has 8 nitrogen and oxygen atoms in total. The van der Waals surface area contributed by atoms with Crippen LogP contribution in [0.15, 0.2) is 36.9 Å². The molecule has 0 spiro atoms. The van der Waals surface area contributed by atoms with Gasteiger partial charge >= 0.3 is 6.18 Å². The van der Waals surface area contributed by atoms with Crippen molar-refractivity contribution in [1.82, 2.24) is 34.0 Å². The molecular weight excluding hydrogens is 455 g/mol. The fourth-order valence-corrected chi connectivity index (χ4v) is 4.61. The summed E-state index contributed by atoms with van der Waals surface area (Å²) in [6, 6.07) is 3.05. The Hall–Kier alpha value is -3.41. The normalized spacial score (nSPS) is 15.1. The maximum Gasteiger partial charge on any atom is 0.416 e. The third kappa shape index (κ3) is 3.84. The summed E-state index contributed by atoms with van der Waals surface area (Å²) in [4.78, 5) is 27.3. The summed E-state index contributed by atoms with van der Waals surface area (Å²) in [6.45, 7) is 1.72. The largest absolute Gasteiger partial charge is 0.416 e. The molecule has 0 saturated heterocycles. The van der Waals surface area contributed by atoms with Crippen molar-refractivity contribution in [3.63, 3.8) is 0 Å². The molecular formula is C21H18F3N7OS. The molecule has 1 aromatic carbocycles. The van der Waals surface area contributed by atoms with Gasteiger partial charge in [-0.05, 0) is 49.5 Å². The Morgan fingerprint density at radius 3 is 2.61 bits per heavy atom. The van der Waals surface area contributed by atoms with Crippen LogP contribution in [0.3, 0.4) is 0 Å². The van der Waals surface area contributed by atoms with E-state index in [1.807, 2.05) is 0 Å². The van der Waals surface area contributed by atoms with Crippen LogP contribution in [0.2, 0.25) is 0 Å². The molecule has 5 rings (SSSR count). The molecule has 0 N–H and O–H groups in total. The Balaban J connectivity index is 1.55. The van der Waals surface area contributed by atoms with Gasteiger partial charge in [0.15, 0.2) is 5.82 Å². The molecule has 33 heavy (non-hydrogen) atoms. The maximum atomic E-state index is 13.7. The Kier molecular flexibility index (Phi) is 5.11. The second-order valence-corrected chi connectivity index (χ2v) is 8.68. The SMILES string of the molecule is C[C@@H](c1ncnn1-c1ncccn1)N(C)C(=O)c1cc(C(F)(F)F)cc2c(C3CC3)nsc12. The summed E-state index contributed by atoms with van der Waals surface area (Å²) in [5.74, 6) is 0.248. The van der Waals surface area contributed by atoms with Crippen LogP contribution < -0.4 is 0 Å². The van der Waals surface area contributed by atoms with Crippen molar-refractivity contribution in [2.24, 2.45) is 0 Å². The van der Waals surface area contributed by atoms with Crippen molar-refractivity contribution in [1.29, 1.82) is 0 Å². The quantitative estimate of drug-likeness (QED) is 0.427. The van der Waals surface area contributed by atoms with E-state index in [9.17, 15) is 18.0 Å². The third-order valence-corrected chi connectivity index (χ3v) is 6.62. The first-order valence-corrected chi connectivity index (χ1v) is 11.0. The average Bonchev–Trinajstić information content (AvgIpc) is 3.36. The van der Waals surface area contributed by atoms with E-state index in [1.165, 1.54) is 23.0 Å². The fourth-order valence-electron chi connectivity index (χ4n) is 3.66. The van der Waals surface area contributed by atoms with E-state index in [4.69, 9.17) is 0 Å². The van der Waals surface area contributed by atoms with Crippen LogP contribution in [0.4, 0.5) is 13.2 Å². The number of benzene rings is 1. The lowest BCUT2D eigenvalue weighted by atomic mass is 10.0. The predicted octanol–water partition coefficient (Wildman–Crippen LogP) is 4.40. The predicted molar refractivity (Wildman–Crippen MR) is 114 cm³/mol. The zero-order valence-electron chi connectivity index (χ0n) is 17.6. The molecule has 0 bridgehead atoms. The molecule has 0 aliphatic heterocycles. The minimum absolute atomic E-state index is 0.0272. The lowest BCUT2D eigenvalue weighted by molar-refractivity contribution is -0.137. The van der Waals surface area contributed by atoms with Gasteiger partial charge in [0.1, 0.15) is 6.33 Å². The summed E-state index contributed by atoms with van der Waals surface area (Å²) in [5.41, 5.74) is -0.241. The maximum absolute atomic E-state index is 13.7. The summed E-state index contributed by atoms with van der Waals surface area (Å²) in [5, 5.41) is 4.54. The van der Waals surface area contributed by atoms with Crippen molar-refractivity contribution in [3.05, 3.63) is 59.6 Å². The van der Waals surface area contributed by atoms with E-state index in [0.29, 0.717) is 21.6 Å². The van der Waals surface area contributed by atoms with Crippen LogP contribution in [0.25, 0.3) is 16.0 Å². The third-order valence-electron chi connectivity index (χ3n) is 5.71. The molecule has 1 aliphatic carbocycles. The molecule has 3 aromatic heterocycles. The lowest BCUT2D eigenvalue weighted by Gasteiger charge is -2.25. The van der Waals surface area contributed by atoms with E-state index in [0.717, 1.165) is 36.5 Å². The van der Waals surface area contributed by atoms with Crippen LogP contribution >= 0.6 is 11.5 Å². The van der Waals surface area contributed by atoms with E-state index in [2.05, 4.69) is 24.4 Å². The van der Waals surface area contributed by atoms with Crippen molar-refractivity contribution in [3.8, 4) is 5.95 Å². The van der Waals surface area contributed by atoms with Gasteiger partial charge in [0.2, 0.25) is 0 Å². The number of hydrogen-bond acceptors (Lipinski definition) is 7. The summed E-state index contributed by atoms with van der Waals surface area (Å²) >= 11 is 1.07. The van der Waals surface area contributed by atoms with Gasteiger partial charge in [0, 0.05) is 30.7 Å². The van der Waals surface area contributed by atoms with Gasteiger partial charge in [-0.3, -0.25) is 4.79 Å². The highest BCUT2D eigenvalue weighted by Crippen LogP contribution is 2.45. The van der Waals surface area contributed by atoms with E-state index in [1.54, 1.807) is 25.4 Å². The second-order valence-electron chi connectivity index (χ2n) is 7.91. The van der Waals surface area contributed by atoms with Gasteiger partial charge < -0.3 is 4.90 Å². The van der Waals surface area contributed by atoms with Gasteiger partial charge in [0.05, 0.1) is 27.6 Å². The van der Waals surface area contributed by atoms with E-state index in [-0.39, 0.29) is 17.4 Å². The monoisotopic (exact) mass is 473 g/mol. The Bertz CT molecular complexity index is 1330. The van der Waals surface area contributed by atoms with Crippen molar-refractivity contribution >= 4 is 27.5 Å². The number of aromatic nitrogens is 6. The number of alkyl halides is 3. The molecule has 170 valence electrons. The first-order chi connectivity index (χ1) is 15.8. The number of fused-ring (bicyclic) bond motifs is 1. The number of amides is 1. The summed E-state index contributed by atoms with van der Waals surface area (Å²) in [7, 11) is 1.52. The molecule has 12 heteroatoms. The lowest BCUT2D eigenvalue weighted by Crippen LogP contribution is -2.32. The van der Waals surface area contributed by atoms with Gasteiger partial charge in [-0.15, -0.1) is 0 Å². The second kappa shape index (κ2) is 7.87. The zero-order chi connectivity index (χ0) is 23.3. The number of rotatable bonds is 5. The zero-order valence-corrected chi connectivity index (χ0v) is 18.4. The van der Waals surface area contributed by atoms with Crippen LogP contribution in [-0.4, -0.2) is 47.0 Å². The highest BCUT2D eigenvalue weighted by Gasteiger charge is 2.36. The number of halogens is 3. The van der Waals surface area contributed by atoms with Crippen LogP contribution in [0, 0.1) is 0 Å². The minimum atomic E-state index is -4.58. The Morgan fingerprint density at radius 2 is 1.94 bits per heavy atom. The van der Waals surface area contributed by atoms with E-state index >= 15 is 0 Å². The highest BCUT2D eigenvalue weighted by atomic mass is 32.1. The average molecular weight is 473 g/mol. The number of carbonyl (C=O) groups excluding carboxylic acids is 1. The van der Waals surface area contributed by atoms with Crippen molar-refractivity contribution in [2.75, 3.05) is 7.05 Å². The number of nitrogens with zero attached hydrogens (tertiary/aromatic N) is 7. The molecule has 1 saturated carbocycles. The smallest absolute Gasteiger partial charge is 0.332 e. The number of hydrogen-bond donors (Lipinski definition) is 0. The minimum Gasteiger partial charge on any atom is -0.332 e. The van der Waals surface area contributed by atoms with Crippen LogP contribution in [0.5, 0.6) is 0 Å². The topological polar surface area (TPSA) is 89.7 Å². The highest BCUT2D eigenvalue weighted by molar-refractivity contribution is 7.13. The first kappa shape index (κ1) is 21.4. The molecule has 0 radical (unpaired) electrons. The van der Waals surface area contributed by atoms with Gasteiger partial charge in [0.25, 0.3) is 11.9 Å². The van der Waals surface area contributed by atoms with Gasteiger partial charge in [-0.1, -0.05) is 0 Å². The Labute approximate surface area is 190 Å². The molecule has 0 unspecified atom stereocenters. The number of carbonyl (C=O) groups is 1. The van der Waals surface area contributed by atoms with Crippen LogP contribution in [0.1, 0.15) is 59.2 Å². The standard InChI is InChI=1S/C21H18F3N7OS/c1-11(18-27-10-28-31(18)20-25-6-3-7-26-20)30(2)19(32)15-9-13(21(22,23)24)8-14-16(12-4-5-12)29-33-17(14)15/h3,6-12H,4-5H2,1-2H3/t11-/m0/s1. The van der Waals surface area contributed by atoms with Gasteiger partial charge in [-0.25, -0.2) is 15.0 Å². The van der Waals surface area contributed by atoms with Crippen LogP contribution in [-0.2, 0) is 6.18 Å². The fraction of sp³-hybridized carbons (Fsp3) is 0.333. The molecule has 3 heterocycles. The molecule has 1 aliphatic rings. The molecule has 4 aromatic rings. The first-order valence-electron chi connectivity index (χ1n) is 10.2. The Morgan fingerprint density at radius 1 is 1.21 bits per heavy atom. The van der Waals surface area contributed by atoms with E-state index < -0.39 is 23.7 Å². The summed E-state index contributed by atoms with van der Waals surface area (Å²) < 4.78 is 47.2.